The van der Waals surface area contributed by atoms with Gasteiger partial charge < -0.3 is 15.5 Å². The number of hydrogen-bond acceptors (Lipinski definition) is 3. The van der Waals surface area contributed by atoms with Gasteiger partial charge in [-0.1, -0.05) is 41.9 Å². The van der Waals surface area contributed by atoms with Crippen molar-refractivity contribution in [2.24, 2.45) is 0 Å². The molecule has 4 nitrogen and oxygen atoms in total. The van der Waals surface area contributed by atoms with Gasteiger partial charge in [-0.15, -0.1) is 0 Å². The summed E-state index contributed by atoms with van der Waals surface area (Å²) < 4.78 is 0. The van der Waals surface area contributed by atoms with E-state index in [9.17, 15) is 15.0 Å². The Kier molecular flexibility index (Phi) is 4.61. The predicted octanol–water partition coefficient (Wildman–Crippen LogP) is 2.51. The van der Waals surface area contributed by atoms with Crippen LogP contribution in [-0.2, 0) is 0 Å². The van der Waals surface area contributed by atoms with Crippen LogP contribution < -0.4 is 5.32 Å². The summed E-state index contributed by atoms with van der Waals surface area (Å²) >= 11 is 5.78. The largest absolute Gasteiger partial charge is 0.507 e. The summed E-state index contributed by atoms with van der Waals surface area (Å²) in [6.07, 6.45) is -0.804. The number of nitrogens with one attached hydrogen (secondary N) is 1. The number of phenolic OH excluding ortho intramolecular Hbond substituents is 1. The first-order valence-electron chi connectivity index (χ1n) is 6.07. The molecule has 2 rings (SSSR count). The Balaban J connectivity index is 2.00. The molecule has 0 heterocycles. The number of carbonyl (C=O) groups excluding carboxylic acids is 1. The molecule has 1 atom stereocenters. The molecule has 5 heteroatoms. The minimum atomic E-state index is -0.804. The Morgan fingerprint density at radius 3 is 2.60 bits per heavy atom. The zero-order chi connectivity index (χ0) is 14.5. The highest BCUT2D eigenvalue weighted by atomic mass is 35.5. The van der Waals surface area contributed by atoms with Crippen molar-refractivity contribution < 1.29 is 15.0 Å². The molecule has 0 bridgehead atoms. The fraction of sp³-hybridized carbons (Fsp3) is 0.133. The van der Waals surface area contributed by atoms with Gasteiger partial charge in [0, 0.05) is 11.6 Å². The molecule has 20 heavy (non-hydrogen) atoms. The van der Waals surface area contributed by atoms with Crippen LogP contribution in [0, 0.1) is 0 Å². The molecule has 0 spiro atoms. The van der Waals surface area contributed by atoms with E-state index in [-0.39, 0.29) is 17.9 Å². The maximum absolute atomic E-state index is 11.9. The van der Waals surface area contributed by atoms with Crippen LogP contribution >= 0.6 is 11.6 Å². The maximum Gasteiger partial charge on any atom is 0.255 e. The van der Waals surface area contributed by atoms with Gasteiger partial charge in [-0.3, -0.25) is 4.79 Å². The third kappa shape index (κ3) is 3.50. The third-order valence-electron chi connectivity index (χ3n) is 2.84. The molecule has 0 saturated carbocycles. The van der Waals surface area contributed by atoms with Crippen LogP contribution in [0.3, 0.4) is 0 Å². The lowest BCUT2D eigenvalue weighted by atomic mass is 10.1. The SMILES string of the molecule is O=C(NCC(O)c1ccccc1)c1cc(Cl)ccc1O. The second-order valence-electron chi connectivity index (χ2n) is 4.30. The molecule has 0 aliphatic rings. The quantitative estimate of drug-likeness (QED) is 0.811. The molecule has 1 unspecified atom stereocenters. The Morgan fingerprint density at radius 2 is 1.90 bits per heavy atom. The standard InChI is InChI=1S/C15H14ClNO3/c16-11-6-7-13(18)12(8-11)15(20)17-9-14(19)10-4-2-1-3-5-10/h1-8,14,18-19H,9H2,(H,17,20). The van der Waals surface area contributed by atoms with Crippen molar-refractivity contribution >= 4 is 17.5 Å². The average molecular weight is 292 g/mol. The number of amides is 1. The number of phenols is 1. The Bertz CT molecular complexity index is 601. The number of rotatable bonds is 4. The number of hydrogen-bond donors (Lipinski definition) is 3. The topological polar surface area (TPSA) is 69.6 Å². The first-order valence-corrected chi connectivity index (χ1v) is 6.45. The van der Waals surface area contributed by atoms with Crippen LogP contribution in [0.4, 0.5) is 0 Å². The molecule has 3 N–H and O–H groups in total. The number of aliphatic hydroxyl groups is 1. The first kappa shape index (κ1) is 14.4. The van der Waals surface area contributed by atoms with Crippen LogP contribution in [-0.4, -0.2) is 22.7 Å². The summed E-state index contributed by atoms with van der Waals surface area (Å²) in [6, 6.07) is 13.2. The zero-order valence-corrected chi connectivity index (χ0v) is 11.3. The summed E-state index contributed by atoms with van der Waals surface area (Å²) in [5.41, 5.74) is 0.792. The maximum atomic E-state index is 11.9. The van der Waals surface area contributed by atoms with Gasteiger partial charge in [0.1, 0.15) is 5.75 Å². The molecule has 2 aromatic rings. The van der Waals surface area contributed by atoms with Gasteiger partial charge in [-0.05, 0) is 23.8 Å². The van der Waals surface area contributed by atoms with Crippen molar-refractivity contribution in [2.45, 2.75) is 6.10 Å². The highest BCUT2D eigenvalue weighted by Gasteiger charge is 2.14. The molecule has 0 aliphatic carbocycles. The van der Waals surface area contributed by atoms with E-state index in [1.54, 1.807) is 12.1 Å². The summed E-state index contributed by atoms with van der Waals surface area (Å²) in [5, 5.41) is 22.5. The number of aromatic hydroxyl groups is 1. The van der Waals surface area contributed by atoms with Gasteiger partial charge in [0.25, 0.3) is 5.91 Å². The minimum absolute atomic E-state index is 0.0504. The summed E-state index contributed by atoms with van der Waals surface area (Å²) in [4.78, 5) is 11.9. The van der Waals surface area contributed by atoms with Crippen molar-refractivity contribution in [1.29, 1.82) is 0 Å². The monoisotopic (exact) mass is 291 g/mol. The summed E-state index contributed by atoms with van der Waals surface area (Å²) in [6.45, 7) is 0.0504. The molecule has 1 amide bonds. The molecule has 0 aromatic heterocycles. The Hall–Kier alpha value is -2.04. The van der Waals surface area contributed by atoms with E-state index in [0.29, 0.717) is 10.6 Å². The van der Waals surface area contributed by atoms with E-state index in [2.05, 4.69) is 5.32 Å². The fourth-order valence-electron chi connectivity index (χ4n) is 1.77. The molecule has 2 aromatic carbocycles. The normalized spacial score (nSPS) is 11.9. The van der Waals surface area contributed by atoms with E-state index < -0.39 is 12.0 Å². The average Bonchev–Trinajstić information content (AvgIpc) is 2.47. The highest BCUT2D eigenvalue weighted by Crippen LogP contribution is 2.21. The Morgan fingerprint density at radius 1 is 1.20 bits per heavy atom. The van der Waals surface area contributed by atoms with Gasteiger partial charge >= 0.3 is 0 Å². The summed E-state index contributed by atoms with van der Waals surface area (Å²) in [5.74, 6) is -0.638. The van der Waals surface area contributed by atoms with Crippen molar-refractivity contribution in [3.63, 3.8) is 0 Å². The minimum Gasteiger partial charge on any atom is -0.507 e. The third-order valence-corrected chi connectivity index (χ3v) is 3.08. The van der Waals surface area contributed by atoms with Gasteiger partial charge in [-0.2, -0.15) is 0 Å². The first-order chi connectivity index (χ1) is 9.58. The van der Waals surface area contributed by atoms with Crippen LogP contribution in [0.25, 0.3) is 0 Å². The number of benzene rings is 2. The van der Waals surface area contributed by atoms with Gasteiger partial charge in [0.15, 0.2) is 0 Å². The van der Waals surface area contributed by atoms with Crippen LogP contribution in [0.5, 0.6) is 5.75 Å². The second-order valence-corrected chi connectivity index (χ2v) is 4.73. The van der Waals surface area contributed by atoms with Crippen LogP contribution in [0.2, 0.25) is 5.02 Å². The van der Waals surface area contributed by atoms with Gasteiger partial charge in [0.2, 0.25) is 0 Å². The summed E-state index contributed by atoms with van der Waals surface area (Å²) in [7, 11) is 0. The van der Waals surface area contributed by atoms with E-state index in [1.807, 2.05) is 18.2 Å². The van der Waals surface area contributed by atoms with Crippen LogP contribution in [0.1, 0.15) is 22.0 Å². The number of aliphatic hydroxyl groups excluding tert-OH is 1. The second kappa shape index (κ2) is 6.41. The lowest BCUT2D eigenvalue weighted by Crippen LogP contribution is -2.28. The lowest BCUT2D eigenvalue weighted by Gasteiger charge is -2.12. The van der Waals surface area contributed by atoms with Crippen molar-refractivity contribution in [3.05, 3.63) is 64.7 Å². The number of carbonyl (C=O) groups is 1. The molecule has 104 valence electrons. The highest BCUT2D eigenvalue weighted by molar-refractivity contribution is 6.31. The van der Waals surface area contributed by atoms with Crippen molar-refractivity contribution in [3.8, 4) is 5.75 Å². The van der Waals surface area contributed by atoms with E-state index in [1.165, 1.54) is 18.2 Å². The molecular weight excluding hydrogens is 278 g/mol. The van der Waals surface area contributed by atoms with Gasteiger partial charge in [-0.25, -0.2) is 0 Å². The molecule has 0 fully saturated rings. The smallest absolute Gasteiger partial charge is 0.255 e. The van der Waals surface area contributed by atoms with Gasteiger partial charge in [0.05, 0.1) is 11.7 Å². The van der Waals surface area contributed by atoms with E-state index in [4.69, 9.17) is 11.6 Å². The van der Waals surface area contributed by atoms with Crippen molar-refractivity contribution in [1.82, 2.24) is 5.32 Å². The molecule has 0 saturated heterocycles. The molecule has 0 radical (unpaired) electrons. The van der Waals surface area contributed by atoms with E-state index in [0.717, 1.165) is 0 Å². The molecule has 0 aliphatic heterocycles. The Labute approximate surface area is 121 Å². The lowest BCUT2D eigenvalue weighted by molar-refractivity contribution is 0.0913. The zero-order valence-electron chi connectivity index (χ0n) is 10.6. The molecular formula is C15H14ClNO3. The van der Waals surface area contributed by atoms with E-state index >= 15 is 0 Å². The van der Waals surface area contributed by atoms with Crippen molar-refractivity contribution in [2.75, 3.05) is 6.54 Å². The predicted molar refractivity (Wildman–Crippen MR) is 76.9 cm³/mol. The number of halogens is 1. The van der Waals surface area contributed by atoms with Crippen LogP contribution in [0.15, 0.2) is 48.5 Å². The fourth-order valence-corrected chi connectivity index (χ4v) is 1.94.